The van der Waals surface area contributed by atoms with Crippen LogP contribution < -0.4 is 10.2 Å². The molecule has 116 valence electrons. The monoisotopic (exact) mass is 292 g/mol. The van der Waals surface area contributed by atoms with E-state index < -0.39 is 12.2 Å². The van der Waals surface area contributed by atoms with Crippen LogP contribution in [0.3, 0.4) is 0 Å². The number of aliphatic hydroxyl groups excluding tert-OH is 2. The molecule has 1 fully saturated rings. The number of piperidine rings is 1. The molecule has 1 aliphatic rings. The maximum Gasteiger partial charge on any atom is 0.216 e. The molecule has 1 amide bonds. The summed E-state index contributed by atoms with van der Waals surface area (Å²) in [5, 5.41) is 22.7. The summed E-state index contributed by atoms with van der Waals surface area (Å²) in [6.45, 7) is 3.50. The van der Waals surface area contributed by atoms with Crippen molar-refractivity contribution in [3.8, 4) is 0 Å². The van der Waals surface area contributed by atoms with E-state index in [1.54, 1.807) is 6.07 Å². The molecule has 5 heteroatoms. The molecule has 0 bridgehead atoms. The fourth-order valence-electron chi connectivity index (χ4n) is 2.64. The summed E-state index contributed by atoms with van der Waals surface area (Å²) >= 11 is 0. The van der Waals surface area contributed by atoms with Gasteiger partial charge in [0.2, 0.25) is 5.91 Å². The normalized spacial score (nSPS) is 18.1. The van der Waals surface area contributed by atoms with Gasteiger partial charge in [-0.2, -0.15) is 0 Å². The Kier molecular flexibility index (Phi) is 5.59. The van der Waals surface area contributed by atoms with Crippen LogP contribution in [-0.2, 0) is 4.79 Å². The second-order valence-corrected chi connectivity index (χ2v) is 5.59. The standard InChI is InChI=1S/C16H24N2O3/c1-12(19)17-11-15(20)16(21)13-6-5-7-14(10-13)18-8-3-2-4-9-18/h5-7,10,15-16,20-21H,2-4,8-9,11H2,1H3,(H,17,19). The van der Waals surface area contributed by atoms with Crippen molar-refractivity contribution in [1.82, 2.24) is 5.32 Å². The molecule has 2 rings (SSSR count). The largest absolute Gasteiger partial charge is 0.388 e. The first-order valence-electron chi connectivity index (χ1n) is 7.53. The van der Waals surface area contributed by atoms with E-state index in [1.807, 2.05) is 18.2 Å². The number of nitrogens with one attached hydrogen (secondary N) is 1. The fraction of sp³-hybridized carbons (Fsp3) is 0.562. The number of nitrogens with zero attached hydrogens (tertiary/aromatic N) is 1. The Hall–Kier alpha value is -1.59. The summed E-state index contributed by atoms with van der Waals surface area (Å²) in [6, 6.07) is 7.65. The van der Waals surface area contributed by atoms with Gasteiger partial charge >= 0.3 is 0 Å². The van der Waals surface area contributed by atoms with Crippen LogP contribution in [-0.4, -0.2) is 41.9 Å². The Morgan fingerprint density at radius 2 is 2.00 bits per heavy atom. The van der Waals surface area contributed by atoms with Gasteiger partial charge in [-0.25, -0.2) is 0 Å². The lowest BCUT2D eigenvalue weighted by Crippen LogP contribution is -2.34. The van der Waals surface area contributed by atoms with Crippen LogP contribution in [0, 0.1) is 0 Å². The van der Waals surface area contributed by atoms with Crippen molar-refractivity contribution in [2.75, 3.05) is 24.5 Å². The Morgan fingerprint density at radius 3 is 2.67 bits per heavy atom. The number of rotatable bonds is 5. The Balaban J connectivity index is 2.03. The van der Waals surface area contributed by atoms with Gasteiger partial charge in [-0.1, -0.05) is 12.1 Å². The van der Waals surface area contributed by atoms with E-state index in [9.17, 15) is 15.0 Å². The molecule has 0 spiro atoms. The van der Waals surface area contributed by atoms with Gasteiger partial charge in [-0.05, 0) is 37.0 Å². The number of carbonyl (C=O) groups excluding carboxylic acids is 1. The molecule has 1 saturated heterocycles. The average molecular weight is 292 g/mol. The molecule has 2 atom stereocenters. The van der Waals surface area contributed by atoms with Crippen LogP contribution >= 0.6 is 0 Å². The molecule has 0 aromatic heterocycles. The maximum atomic E-state index is 10.9. The van der Waals surface area contributed by atoms with Crippen molar-refractivity contribution in [2.24, 2.45) is 0 Å². The predicted octanol–water partition coefficient (Wildman–Crippen LogP) is 1.21. The Labute approximate surface area is 125 Å². The first-order valence-corrected chi connectivity index (χ1v) is 7.53. The van der Waals surface area contributed by atoms with Gasteiger partial charge in [0, 0.05) is 32.2 Å². The highest BCUT2D eigenvalue weighted by molar-refractivity contribution is 5.72. The molecule has 0 saturated carbocycles. The highest BCUT2D eigenvalue weighted by Gasteiger charge is 2.20. The van der Waals surface area contributed by atoms with Gasteiger partial charge in [0.1, 0.15) is 12.2 Å². The molecule has 0 aliphatic carbocycles. The zero-order chi connectivity index (χ0) is 15.2. The van der Waals surface area contributed by atoms with Gasteiger partial charge in [-0.3, -0.25) is 4.79 Å². The van der Waals surface area contributed by atoms with Crippen molar-refractivity contribution in [2.45, 2.75) is 38.4 Å². The highest BCUT2D eigenvalue weighted by atomic mass is 16.3. The van der Waals surface area contributed by atoms with E-state index in [-0.39, 0.29) is 12.5 Å². The first-order chi connectivity index (χ1) is 10.1. The number of amides is 1. The molecule has 1 aromatic rings. The number of hydrogen-bond donors (Lipinski definition) is 3. The van der Waals surface area contributed by atoms with E-state index in [2.05, 4.69) is 10.2 Å². The van der Waals surface area contributed by atoms with E-state index >= 15 is 0 Å². The average Bonchev–Trinajstić information content (AvgIpc) is 2.52. The van der Waals surface area contributed by atoms with Crippen LogP contribution in [0.4, 0.5) is 5.69 Å². The topological polar surface area (TPSA) is 72.8 Å². The summed E-state index contributed by atoms with van der Waals surface area (Å²) in [6.07, 6.45) is 1.65. The fourth-order valence-corrected chi connectivity index (χ4v) is 2.64. The predicted molar refractivity (Wildman–Crippen MR) is 82.2 cm³/mol. The number of hydrogen-bond acceptors (Lipinski definition) is 4. The van der Waals surface area contributed by atoms with E-state index in [0.717, 1.165) is 18.8 Å². The van der Waals surface area contributed by atoms with Crippen molar-refractivity contribution < 1.29 is 15.0 Å². The molecule has 5 nitrogen and oxygen atoms in total. The molecule has 2 unspecified atom stereocenters. The van der Waals surface area contributed by atoms with Gasteiger partial charge in [-0.15, -0.1) is 0 Å². The number of benzene rings is 1. The summed E-state index contributed by atoms with van der Waals surface area (Å²) < 4.78 is 0. The lowest BCUT2D eigenvalue weighted by Gasteiger charge is -2.29. The van der Waals surface area contributed by atoms with Crippen LogP contribution in [0.5, 0.6) is 0 Å². The Bertz CT molecular complexity index is 472. The van der Waals surface area contributed by atoms with E-state index in [0.29, 0.717) is 5.56 Å². The zero-order valence-electron chi connectivity index (χ0n) is 12.5. The second-order valence-electron chi connectivity index (χ2n) is 5.59. The molecule has 1 aromatic carbocycles. The summed E-state index contributed by atoms with van der Waals surface area (Å²) in [5.74, 6) is -0.219. The first kappa shape index (κ1) is 15.8. The number of anilines is 1. The van der Waals surface area contributed by atoms with Gasteiger partial charge in [0.25, 0.3) is 0 Å². The van der Waals surface area contributed by atoms with Gasteiger partial charge < -0.3 is 20.4 Å². The van der Waals surface area contributed by atoms with Gasteiger partial charge in [0.05, 0.1) is 0 Å². The molecular formula is C16H24N2O3. The van der Waals surface area contributed by atoms with Gasteiger partial charge in [0.15, 0.2) is 0 Å². The molecule has 1 heterocycles. The molecular weight excluding hydrogens is 268 g/mol. The minimum atomic E-state index is -1.01. The van der Waals surface area contributed by atoms with Crippen molar-refractivity contribution >= 4 is 11.6 Å². The third kappa shape index (κ3) is 4.44. The minimum absolute atomic E-state index is 0.0461. The zero-order valence-corrected chi connectivity index (χ0v) is 12.5. The van der Waals surface area contributed by atoms with Crippen molar-refractivity contribution in [1.29, 1.82) is 0 Å². The van der Waals surface area contributed by atoms with Crippen LogP contribution in [0.2, 0.25) is 0 Å². The number of aliphatic hydroxyl groups is 2. The number of carbonyl (C=O) groups is 1. The second kappa shape index (κ2) is 7.43. The lowest BCUT2D eigenvalue weighted by atomic mass is 10.0. The van der Waals surface area contributed by atoms with Crippen LogP contribution in [0.25, 0.3) is 0 Å². The maximum absolute atomic E-state index is 10.9. The molecule has 21 heavy (non-hydrogen) atoms. The van der Waals surface area contributed by atoms with Crippen molar-refractivity contribution in [3.05, 3.63) is 29.8 Å². The summed E-state index contributed by atoms with van der Waals surface area (Å²) in [5.41, 5.74) is 1.76. The highest BCUT2D eigenvalue weighted by Crippen LogP contribution is 2.25. The quantitative estimate of drug-likeness (QED) is 0.762. The lowest BCUT2D eigenvalue weighted by molar-refractivity contribution is -0.119. The molecule has 3 N–H and O–H groups in total. The van der Waals surface area contributed by atoms with Crippen LogP contribution in [0.1, 0.15) is 37.9 Å². The third-order valence-corrected chi connectivity index (χ3v) is 3.86. The minimum Gasteiger partial charge on any atom is -0.388 e. The van der Waals surface area contributed by atoms with Crippen molar-refractivity contribution in [3.63, 3.8) is 0 Å². The Morgan fingerprint density at radius 1 is 1.29 bits per heavy atom. The smallest absolute Gasteiger partial charge is 0.216 e. The van der Waals surface area contributed by atoms with E-state index in [1.165, 1.54) is 26.2 Å². The van der Waals surface area contributed by atoms with E-state index in [4.69, 9.17) is 0 Å². The van der Waals surface area contributed by atoms with Crippen LogP contribution in [0.15, 0.2) is 24.3 Å². The SMILES string of the molecule is CC(=O)NCC(O)C(O)c1cccc(N2CCCCC2)c1. The summed E-state index contributed by atoms with van der Waals surface area (Å²) in [4.78, 5) is 13.2. The molecule has 1 aliphatic heterocycles. The molecule has 0 radical (unpaired) electrons. The third-order valence-electron chi connectivity index (χ3n) is 3.86. The summed E-state index contributed by atoms with van der Waals surface area (Å²) in [7, 11) is 0.